The Kier molecular flexibility index (Phi) is 5.48. The van der Waals surface area contributed by atoms with Crippen LogP contribution in [-0.2, 0) is 17.9 Å². The summed E-state index contributed by atoms with van der Waals surface area (Å²) in [6.07, 6.45) is -3.43. The van der Waals surface area contributed by atoms with Crippen LogP contribution in [0.3, 0.4) is 0 Å². The summed E-state index contributed by atoms with van der Waals surface area (Å²) >= 11 is 0. The summed E-state index contributed by atoms with van der Waals surface area (Å²) in [5.74, 6) is -0.809. The molecule has 28 heavy (non-hydrogen) atoms. The van der Waals surface area contributed by atoms with Crippen molar-refractivity contribution < 1.29 is 22.7 Å². The topological polar surface area (TPSA) is 78.2 Å². The quantitative estimate of drug-likeness (QED) is 0.698. The SMILES string of the molecule is O=C(Cn1ncn(-c2ccccc2)c1=O)NCc1ccc(OC(F)(F)F)cc1. The first-order valence-corrected chi connectivity index (χ1v) is 8.13. The van der Waals surface area contributed by atoms with Crippen LogP contribution in [0.25, 0.3) is 5.69 Å². The van der Waals surface area contributed by atoms with E-state index in [0.29, 0.717) is 11.3 Å². The number of hydrogen-bond donors (Lipinski definition) is 1. The molecular formula is C18H15F3N4O3. The van der Waals surface area contributed by atoms with Crippen LogP contribution >= 0.6 is 0 Å². The van der Waals surface area contributed by atoms with Crippen molar-refractivity contribution in [3.63, 3.8) is 0 Å². The lowest BCUT2D eigenvalue weighted by molar-refractivity contribution is -0.274. The first-order valence-electron chi connectivity index (χ1n) is 8.13. The molecule has 2 aromatic carbocycles. The zero-order valence-electron chi connectivity index (χ0n) is 14.4. The third-order valence-corrected chi connectivity index (χ3v) is 3.71. The summed E-state index contributed by atoms with van der Waals surface area (Å²) in [4.78, 5) is 24.4. The van der Waals surface area contributed by atoms with E-state index in [0.717, 1.165) is 16.8 Å². The molecule has 1 heterocycles. The number of hydrogen-bond acceptors (Lipinski definition) is 4. The smallest absolute Gasteiger partial charge is 0.406 e. The van der Waals surface area contributed by atoms with Crippen LogP contribution in [0, 0.1) is 0 Å². The van der Waals surface area contributed by atoms with Gasteiger partial charge in [-0.05, 0) is 29.8 Å². The first kappa shape index (κ1) is 19.2. The third-order valence-electron chi connectivity index (χ3n) is 3.71. The lowest BCUT2D eigenvalue weighted by Gasteiger charge is -2.09. The molecule has 0 unspecified atom stereocenters. The molecule has 0 aliphatic carbocycles. The Hall–Kier alpha value is -3.56. The van der Waals surface area contributed by atoms with Crippen molar-refractivity contribution in [1.29, 1.82) is 0 Å². The lowest BCUT2D eigenvalue weighted by atomic mass is 10.2. The summed E-state index contributed by atoms with van der Waals surface area (Å²) in [7, 11) is 0. The van der Waals surface area contributed by atoms with Crippen molar-refractivity contribution in [1.82, 2.24) is 19.7 Å². The van der Waals surface area contributed by atoms with Crippen LogP contribution in [0.5, 0.6) is 5.75 Å². The van der Waals surface area contributed by atoms with E-state index in [4.69, 9.17) is 0 Å². The van der Waals surface area contributed by atoms with Crippen molar-refractivity contribution in [3.05, 3.63) is 77.0 Å². The minimum absolute atomic E-state index is 0.0826. The van der Waals surface area contributed by atoms with E-state index < -0.39 is 18.0 Å². The molecule has 1 N–H and O–H groups in total. The highest BCUT2D eigenvalue weighted by Gasteiger charge is 2.30. The van der Waals surface area contributed by atoms with Crippen LogP contribution in [0.15, 0.2) is 65.7 Å². The van der Waals surface area contributed by atoms with Gasteiger partial charge in [-0.3, -0.25) is 4.79 Å². The molecule has 0 fully saturated rings. The number of rotatable bonds is 6. The Morgan fingerprint density at radius 2 is 1.75 bits per heavy atom. The van der Waals surface area contributed by atoms with Crippen LogP contribution in [0.1, 0.15) is 5.56 Å². The van der Waals surface area contributed by atoms with E-state index in [1.165, 1.54) is 23.0 Å². The number of halogens is 3. The molecule has 10 heteroatoms. The maximum Gasteiger partial charge on any atom is 0.573 e. The van der Waals surface area contributed by atoms with Crippen LogP contribution in [-0.4, -0.2) is 26.6 Å². The van der Waals surface area contributed by atoms with Gasteiger partial charge in [-0.1, -0.05) is 30.3 Å². The first-order chi connectivity index (χ1) is 13.3. The van der Waals surface area contributed by atoms with Gasteiger partial charge in [0.15, 0.2) is 0 Å². The molecule has 0 radical (unpaired) electrons. The van der Waals surface area contributed by atoms with Gasteiger partial charge in [0, 0.05) is 6.54 Å². The molecular weight excluding hydrogens is 377 g/mol. The fraction of sp³-hybridized carbons (Fsp3) is 0.167. The highest BCUT2D eigenvalue weighted by Crippen LogP contribution is 2.22. The van der Waals surface area contributed by atoms with Gasteiger partial charge < -0.3 is 10.1 Å². The second kappa shape index (κ2) is 7.99. The van der Waals surface area contributed by atoms with Crippen LogP contribution in [0.4, 0.5) is 13.2 Å². The van der Waals surface area contributed by atoms with Gasteiger partial charge in [-0.15, -0.1) is 13.2 Å². The molecule has 0 saturated heterocycles. The molecule has 0 spiro atoms. The Morgan fingerprint density at radius 3 is 2.39 bits per heavy atom. The van der Waals surface area contributed by atoms with Crippen molar-refractivity contribution >= 4 is 5.91 Å². The largest absolute Gasteiger partial charge is 0.573 e. The monoisotopic (exact) mass is 392 g/mol. The number of para-hydroxylation sites is 1. The van der Waals surface area contributed by atoms with E-state index >= 15 is 0 Å². The van der Waals surface area contributed by atoms with E-state index in [1.807, 2.05) is 6.07 Å². The van der Waals surface area contributed by atoms with Gasteiger partial charge in [0.05, 0.1) is 5.69 Å². The molecule has 0 saturated carbocycles. The number of carbonyl (C=O) groups excluding carboxylic acids is 1. The van der Waals surface area contributed by atoms with Crippen LogP contribution in [0.2, 0.25) is 0 Å². The lowest BCUT2D eigenvalue weighted by Crippen LogP contribution is -2.33. The highest BCUT2D eigenvalue weighted by molar-refractivity contribution is 5.75. The van der Waals surface area contributed by atoms with Crippen molar-refractivity contribution in [3.8, 4) is 11.4 Å². The Morgan fingerprint density at radius 1 is 1.07 bits per heavy atom. The van der Waals surface area contributed by atoms with Gasteiger partial charge in [0.1, 0.15) is 18.6 Å². The summed E-state index contributed by atoms with van der Waals surface area (Å²) in [5, 5.41) is 6.50. The number of amides is 1. The second-order valence-electron chi connectivity index (χ2n) is 5.75. The van der Waals surface area contributed by atoms with Gasteiger partial charge in [-0.2, -0.15) is 5.10 Å². The molecule has 0 atom stereocenters. The fourth-order valence-electron chi connectivity index (χ4n) is 2.41. The van der Waals surface area contributed by atoms with Gasteiger partial charge in [-0.25, -0.2) is 14.0 Å². The molecule has 1 aromatic heterocycles. The second-order valence-corrected chi connectivity index (χ2v) is 5.75. The average molecular weight is 392 g/mol. The maximum absolute atomic E-state index is 12.3. The zero-order chi connectivity index (χ0) is 20.1. The van der Waals surface area contributed by atoms with Gasteiger partial charge >= 0.3 is 12.1 Å². The van der Waals surface area contributed by atoms with Crippen molar-refractivity contribution in [2.75, 3.05) is 0 Å². The predicted molar refractivity (Wildman–Crippen MR) is 92.8 cm³/mol. The normalized spacial score (nSPS) is 11.2. The number of ether oxygens (including phenoxy) is 1. The van der Waals surface area contributed by atoms with Gasteiger partial charge in [0.2, 0.25) is 5.91 Å². The molecule has 7 nitrogen and oxygen atoms in total. The fourth-order valence-corrected chi connectivity index (χ4v) is 2.41. The summed E-state index contributed by atoms with van der Waals surface area (Å²) < 4.78 is 42.5. The van der Waals surface area contributed by atoms with Crippen molar-refractivity contribution in [2.45, 2.75) is 19.5 Å². The summed E-state index contributed by atoms with van der Waals surface area (Å²) in [6.45, 7) is -0.201. The molecule has 0 bridgehead atoms. The number of benzene rings is 2. The minimum Gasteiger partial charge on any atom is -0.406 e. The maximum atomic E-state index is 12.3. The molecule has 3 aromatic rings. The number of nitrogens with one attached hydrogen (secondary N) is 1. The Labute approximate surface area is 157 Å². The predicted octanol–water partition coefficient (Wildman–Crippen LogP) is 2.25. The highest BCUT2D eigenvalue weighted by atomic mass is 19.4. The number of aromatic nitrogens is 3. The average Bonchev–Trinajstić information content (AvgIpc) is 3.01. The Balaban J connectivity index is 1.57. The standard InChI is InChI=1S/C18H15F3N4O3/c19-18(20,21)28-15-8-6-13(7-9-15)10-22-16(26)11-25-17(27)24(12-23-25)14-4-2-1-3-5-14/h1-9,12H,10-11H2,(H,22,26). The van der Waals surface area contributed by atoms with E-state index in [-0.39, 0.29) is 18.8 Å². The summed E-state index contributed by atoms with van der Waals surface area (Å²) in [6, 6.07) is 13.9. The molecule has 146 valence electrons. The van der Waals surface area contributed by atoms with Crippen LogP contribution < -0.4 is 15.7 Å². The van der Waals surface area contributed by atoms with E-state index in [2.05, 4.69) is 15.2 Å². The van der Waals surface area contributed by atoms with E-state index in [9.17, 15) is 22.8 Å². The number of nitrogens with zero attached hydrogens (tertiary/aromatic N) is 3. The summed E-state index contributed by atoms with van der Waals surface area (Å²) in [5.41, 5.74) is 0.736. The number of carbonyl (C=O) groups is 1. The van der Waals surface area contributed by atoms with Gasteiger partial charge in [0.25, 0.3) is 0 Å². The zero-order valence-corrected chi connectivity index (χ0v) is 14.4. The van der Waals surface area contributed by atoms with Crippen molar-refractivity contribution in [2.24, 2.45) is 0 Å². The molecule has 1 amide bonds. The third kappa shape index (κ3) is 5.00. The molecule has 0 aliphatic rings. The van der Waals surface area contributed by atoms with E-state index in [1.54, 1.807) is 24.3 Å². The Bertz CT molecular complexity index is 995. The number of alkyl halides is 3. The molecule has 3 rings (SSSR count). The minimum atomic E-state index is -4.76. The molecule has 0 aliphatic heterocycles.